The van der Waals surface area contributed by atoms with Crippen LogP contribution in [0.15, 0.2) is 18.2 Å². The molecule has 2 N–H and O–H groups in total. The first kappa shape index (κ1) is 11.1. The van der Waals surface area contributed by atoms with Gasteiger partial charge in [-0.05, 0) is 31.9 Å². The van der Waals surface area contributed by atoms with Gasteiger partial charge in [-0.25, -0.2) is 0 Å². The zero-order valence-electron chi connectivity index (χ0n) is 9.49. The number of piperidine rings is 1. The molecule has 86 valence electrons. The van der Waals surface area contributed by atoms with Crippen LogP contribution in [0.3, 0.4) is 0 Å². The predicted molar refractivity (Wildman–Crippen MR) is 61.8 cm³/mol. The largest absolute Gasteiger partial charge is 0.355 e. The van der Waals surface area contributed by atoms with Crippen LogP contribution in [0.2, 0.25) is 0 Å². The Balaban J connectivity index is 1.89. The molecule has 0 aliphatic carbocycles. The van der Waals surface area contributed by atoms with Gasteiger partial charge >= 0.3 is 0 Å². The SMILES string of the molecule is Cc1cccc(CNC2CCCNC2=O)n1. The van der Waals surface area contributed by atoms with E-state index in [0.29, 0.717) is 6.54 Å². The lowest BCUT2D eigenvalue weighted by atomic mass is 10.1. The summed E-state index contributed by atoms with van der Waals surface area (Å²) < 4.78 is 0. The minimum absolute atomic E-state index is 0.0592. The van der Waals surface area contributed by atoms with Crippen LogP contribution in [0, 0.1) is 6.92 Å². The molecule has 2 heterocycles. The molecule has 0 bridgehead atoms. The van der Waals surface area contributed by atoms with Crippen molar-refractivity contribution < 1.29 is 4.79 Å². The summed E-state index contributed by atoms with van der Waals surface area (Å²) in [4.78, 5) is 15.9. The molecule has 2 rings (SSSR count). The Morgan fingerprint density at radius 3 is 3.19 bits per heavy atom. The number of carbonyl (C=O) groups excluding carboxylic acids is 1. The van der Waals surface area contributed by atoms with Crippen molar-refractivity contribution in [3.05, 3.63) is 29.6 Å². The maximum atomic E-state index is 11.5. The van der Waals surface area contributed by atoms with E-state index in [2.05, 4.69) is 15.6 Å². The lowest BCUT2D eigenvalue weighted by Crippen LogP contribution is -2.48. The minimum atomic E-state index is -0.0592. The number of rotatable bonds is 3. The molecule has 1 saturated heterocycles. The van der Waals surface area contributed by atoms with E-state index in [-0.39, 0.29) is 11.9 Å². The Labute approximate surface area is 95.5 Å². The fourth-order valence-corrected chi connectivity index (χ4v) is 1.89. The van der Waals surface area contributed by atoms with Crippen LogP contribution in [0.4, 0.5) is 0 Å². The Morgan fingerprint density at radius 1 is 1.56 bits per heavy atom. The molecule has 1 aliphatic rings. The Kier molecular flexibility index (Phi) is 3.51. The summed E-state index contributed by atoms with van der Waals surface area (Å²) in [5.41, 5.74) is 1.99. The topological polar surface area (TPSA) is 54.0 Å². The normalized spacial score (nSPS) is 20.6. The monoisotopic (exact) mass is 219 g/mol. The number of aryl methyl sites for hydroxylation is 1. The molecule has 1 unspecified atom stereocenters. The van der Waals surface area contributed by atoms with E-state index < -0.39 is 0 Å². The summed E-state index contributed by atoms with van der Waals surface area (Å²) in [5, 5.41) is 6.10. The summed E-state index contributed by atoms with van der Waals surface area (Å²) in [6, 6.07) is 5.87. The van der Waals surface area contributed by atoms with Crippen molar-refractivity contribution in [2.24, 2.45) is 0 Å². The van der Waals surface area contributed by atoms with Gasteiger partial charge in [-0.2, -0.15) is 0 Å². The van der Waals surface area contributed by atoms with E-state index in [4.69, 9.17) is 0 Å². The molecule has 1 aliphatic heterocycles. The Hall–Kier alpha value is -1.42. The van der Waals surface area contributed by atoms with Crippen molar-refractivity contribution in [2.75, 3.05) is 6.54 Å². The molecule has 4 heteroatoms. The van der Waals surface area contributed by atoms with Crippen molar-refractivity contribution in [1.29, 1.82) is 0 Å². The third-order valence-corrected chi connectivity index (χ3v) is 2.76. The number of amides is 1. The fraction of sp³-hybridized carbons (Fsp3) is 0.500. The standard InChI is InChI=1S/C12H17N3O/c1-9-4-2-5-10(15-9)8-14-11-6-3-7-13-12(11)16/h2,4-5,11,14H,3,6-8H2,1H3,(H,13,16). The van der Waals surface area contributed by atoms with Gasteiger partial charge in [0.05, 0.1) is 11.7 Å². The van der Waals surface area contributed by atoms with Crippen molar-refractivity contribution in [3.8, 4) is 0 Å². The highest BCUT2D eigenvalue weighted by atomic mass is 16.2. The third-order valence-electron chi connectivity index (χ3n) is 2.76. The van der Waals surface area contributed by atoms with Crippen LogP contribution in [-0.2, 0) is 11.3 Å². The highest BCUT2D eigenvalue weighted by Crippen LogP contribution is 2.04. The number of carbonyl (C=O) groups is 1. The van der Waals surface area contributed by atoms with E-state index in [1.54, 1.807) is 0 Å². The van der Waals surface area contributed by atoms with E-state index in [9.17, 15) is 4.79 Å². The van der Waals surface area contributed by atoms with E-state index in [1.165, 1.54) is 0 Å². The molecule has 4 nitrogen and oxygen atoms in total. The summed E-state index contributed by atoms with van der Waals surface area (Å²) in [5.74, 6) is 0.110. The van der Waals surface area contributed by atoms with Gasteiger partial charge in [0.1, 0.15) is 0 Å². The van der Waals surface area contributed by atoms with Crippen LogP contribution in [-0.4, -0.2) is 23.5 Å². The zero-order valence-corrected chi connectivity index (χ0v) is 9.49. The molecule has 1 fully saturated rings. The van der Waals surface area contributed by atoms with Gasteiger partial charge in [-0.1, -0.05) is 6.07 Å². The molecule has 1 atom stereocenters. The molecule has 0 saturated carbocycles. The van der Waals surface area contributed by atoms with E-state index in [0.717, 1.165) is 30.8 Å². The summed E-state index contributed by atoms with van der Waals surface area (Å²) in [6.07, 6.45) is 1.96. The van der Waals surface area contributed by atoms with Crippen LogP contribution >= 0.6 is 0 Å². The van der Waals surface area contributed by atoms with Crippen LogP contribution in [0.1, 0.15) is 24.2 Å². The lowest BCUT2D eigenvalue weighted by molar-refractivity contribution is -0.124. The van der Waals surface area contributed by atoms with Gasteiger partial charge in [0.25, 0.3) is 0 Å². The molecule has 0 spiro atoms. The molecule has 1 amide bonds. The first-order chi connectivity index (χ1) is 7.75. The second-order valence-electron chi connectivity index (χ2n) is 4.14. The highest BCUT2D eigenvalue weighted by Gasteiger charge is 2.20. The molecule has 0 radical (unpaired) electrons. The van der Waals surface area contributed by atoms with Gasteiger partial charge in [-0.15, -0.1) is 0 Å². The molecular formula is C12H17N3O. The maximum absolute atomic E-state index is 11.5. The molecule has 1 aromatic rings. The predicted octanol–water partition coefficient (Wildman–Crippen LogP) is 0.758. The van der Waals surface area contributed by atoms with Gasteiger partial charge in [0, 0.05) is 18.8 Å². The molecule has 16 heavy (non-hydrogen) atoms. The quantitative estimate of drug-likeness (QED) is 0.789. The van der Waals surface area contributed by atoms with Gasteiger partial charge < -0.3 is 10.6 Å². The van der Waals surface area contributed by atoms with Crippen molar-refractivity contribution in [3.63, 3.8) is 0 Å². The summed E-state index contributed by atoms with van der Waals surface area (Å²) >= 11 is 0. The number of hydrogen-bond acceptors (Lipinski definition) is 3. The number of aromatic nitrogens is 1. The average molecular weight is 219 g/mol. The van der Waals surface area contributed by atoms with Crippen molar-refractivity contribution in [1.82, 2.24) is 15.6 Å². The number of pyridine rings is 1. The number of nitrogens with one attached hydrogen (secondary N) is 2. The second kappa shape index (κ2) is 5.07. The van der Waals surface area contributed by atoms with Gasteiger partial charge in [-0.3, -0.25) is 9.78 Å². The Morgan fingerprint density at radius 2 is 2.44 bits per heavy atom. The third kappa shape index (κ3) is 2.79. The lowest BCUT2D eigenvalue weighted by Gasteiger charge is -2.22. The minimum Gasteiger partial charge on any atom is -0.355 e. The zero-order chi connectivity index (χ0) is 11.4. The average Bonchev–Trinajstić information content (AvgIpc) is 2.28. The first-order valence-electron chi connectivity index (χ1n) is 5.69. The molecule has 0 aromatic carbocycles. The van der Waals surface area contributed by atoms with Crippen LogP contribution in [0.25, 0.3) is 0 Å². The molecule has 1 aromatic heterocycles. The summed E-state index contributed by atoms with van der Waals surface area (Å²) in [7, 11) is 0. The maximum Gasteiger partial charge on any atom is 0.237 e. The summed E-state index contributed by atoms with van der Waals surface area (Å²) in [6.45, 7) is 3.43. The Bertz CT molecular complexity index is 378. The smallest absolute Gasteiger partial charge is 0.237 e. The van der Waals surface area contributed by atoms with Crippen LogP contribution in [0.5, 0.6) is 0 Å². The van der Waals surface area contributed by atoms with E-state index in [1.807, 2.05) is 25.1 Å². The van der Waals surface area contributed by atoms with Gasteiger partial charge in [0.15, 0.2) is 0 Å². The van der Waals surface area contributed by atoms with E-state index >= 15 is 0 Å². The number of hydrogen-bond donors (Lipinski definition) is 2. The number of nitrogens with zero attached hydrogens (tertiary/aromatic N) is 1. The van der Waals surface area contributed by atoms with Crippen molar-refractivity contribution >= 4 is 5.91 Å². The van der Waals surface area contributed by atoms with Crippen LogP contribution < -0.4 is 10.6 Å². The molecular weight excluding hydrogens is 202 g/mol. The van der Waals surface area contributed by atoms with Gasteiger partial charge in [0.2, 0.25) is 5.91 Å². The fourth-order valence-electron chi connectivity index (χ4n) is 1.89. The highest BCUT2D eigenvalue weighted by molar-refractivity contribution is 5.82. The first-order valence-corrected chi connectivity index (χ1v) is 5.69. The second-order valence-corrected chi connectivity index (χ2v) is 4.14. The van der Waals surface area contributed by atoms with Crippen molar-refractivity contribution in [2.45, 2.75) is 32.4 Å².